The molecule has 4 heteroatoms. The molecule has 15 heavy (non-hydrogen) atoms. The van der Waals surface area contributed by atoms with Crippen molar-refractivity contribution in [3.63, 3.8) is 0 Å². The van der Waals surface area contributed by atoms with Crippen LogP contribution in [0.3, 0.4) is 0 Å². The first kappa shape index (κ1) is 24.2. The second-order valence-electron chi connectivity index (χ2n) is 2.49. The molecule has 0 saturated carbocycles. The van der Waals surface area contributed by atoms with Crippen molar-refractivity contribution in [3.05, 3.63) is 0 Å². The van der Waals surface area contributed by atoms with Crippen molar-refractivity contribution in [3.8, 4) is 0 Å². The highest BCUT2D eigenvalue weighted by molar-refractivity contribution is 4.10. The lowest BCUT2D eigenvalue weighted by Crippen LogP contribution is -1.69. The summed E-state index contributed by atoms with van der Waals surface area (Å²) in [5.41, 5.74) is 0. The summed E-state index contributed by atoms with van der Waals surface area (Å²) >= 11 is 0. The van der Waals surface area contributed by atoms with Crippen LogP contribution in [0.25, 0.3) is 0 Å². The van der Waals surface area contributed by atoms with Crippen LogP contribution in [-0.4, -0.2) is 46.9 Å². The fourth-order valence-corrected chi connectivity index (χ4v) is 0. The van der Waals surface area contributed by atoms with Gasteiger partial charge in [-0.2, -0.15) is 0 Å². The summed E-state index contributed by atoms with van der Waals surface area (Å²) in [5.74, 6) is 0. The zero-order chi connectivity index (χ0) is 12.9. The van der Waals surface area contributed by atoms with Gasteiger partial charge in [0.15, 0.2) is 0 Å². The van der Waals surface area contributed by atoms with Crippen molar-refractivity contribution >= 4 is 0 Å². The van der Waals surface area contributed by atoms with E-state index in [0.717, 1.165) is 19.3 Å². The molecule has 0 aromatic carbocycles. The zero-order valence-corrected chi connectivity index (χ0v) is 10.7. The number of rotatable bonds is 3. The number of hydrogen-bond donors (Lipinski definition) is 4. The standard InChI is InChI=1S/3C3H8O.C2H6O/c3*1-2-3-4;1-2-3/h3*4H,2-3H2,1H3;3H,2H2,1H3. The quantitative estimate of drug-likeness (QED) is 0.582. The van der Waals surface area contributed by atoms with Gasteiger partial charge in [0, 0.05) is 26.4 Å². The van der Waals surface area contributed by atoms with Crippen molar-refractivity contribution in [2.75, 3.05) is 26.4 Å². The molecule has 4 nitrogen and oxygen atoms in total. The molecule has 0 amide bonds. The molecule has 0 aliphatic heterocycles. The molecule has 4 N–H and O–H groups in total. The minimum absolute atomic E-state index is 0.250. The van der Waals surface area contributed by atoms with E-state index in [-0.39, 0.29) is 6.61 Å². The Kier molecular flexibility index (Phi) is 78.7. The molecule has 0 unspecified atom stereocenters. The molecule has 98 valence electrons. The van der Waals surface area contributed by atoms with Crippen LogP contribution in [0, 0.1) is 0 Å². The van der Waals surface area contributed by atoms with Gasteiger partial charge in [-0.1, -0.05) is 20.8 Å². The summed E-state index contributed by atoms with van der Waals surface area (Å²) in [7, 11) is 0. The van der Waals surface area contributed by atoms with Gasteiger partial charge in [-0.05, 0) is 26.2 Å². The average Bonchev–Trinajstić information content (AvgIpc) is 2.30. The third-order valence-corrected chi connectivity index (χ3v) is 0.671. The van der Waals surface area contributed by atoms with E-state index in [4.69, 9.17) is 20.4 Å². The van der Waals surface area contributed by atoms with Crippen molar-refractivity contribution in [2.45, 2.75) is 47.0 Å². The Morgan fingerprint density at radius 2 is 0.600 bits per heavy atom. The van der Waals surface area contributed by atoms with Gasteiger partial charge >= 0.3 is 0 Å². The molecular weight excluding hydrogens is 196 g/mol. The van der Waals surface area contributed by atoms with E-state index in [2.05, 4.69) is 0 Å². The Morgan fingerprint density at radius 3 is 0.600 bits per heavy atom. The lowest BCUT2D eigenvalue weighted by molar-refractivity contribution is 0.294. The van der Waals surface area contributed by atoms with Crippen LogP contribution >= 0.6 is 0 Å². The Hall–Kier alpha value is -0.160. The van der Waals surface area contributed by atoms with E-state index in [1.807, 2.05) is 20.8 Å². The molecule has 0 aromatic rings. The largest absolute Gasteiger partial charge is 0.397 e. The van der Waals surface area contributed by atoms with Gasteiger partial charge < -0.3 is 20.4 Å². The monoisotopic (exact) mass is 226 g/mol. The summed E-state index contributed by atoms with van der Waals surface area (Å²) in [5, 5.41) is 31.2. The highest BCUT2D eigenvalue weighted by atomic mass is 16.3. The third kappa shape index (κ3) is 241. The molecule has 0 aliphatic rings. The lowest BCUT2D eigenvalue weighted by atomic mass is 10.5. The van der Waals surface area contributed by atoms with Crippen molar-refractivity contribution in [1.29, 1.82) is 0 Å². The van der Waals surface area contributed by atoms with Gasteiger partial charge in [0.05, 0.1) is 0 Å². The first-order valence-electron chi connectivity index (χ1n) is 5.59. The maximum atomic E-state index is 7.88. The summed E-state index contributed by atoms with van der Waals surface area (Å²) in [6, 6.07) is 0. The molecule has 0 rings (SSSR count). The SMILES string of the molecule is CCCO.CCCO.CCCO.CCO. The number of aliphatic hydroxyl groups is 4. The van der Waals surface area contributed by atoms with Crippen LogP contribution in [-0.2, 0) is 0 Å². The maximum Gasteiger partial charge on any atom is 0.0428 e. The van der Waals surface area contributed by atoms with Gasteiger partial charge in [-0.25, -0.2) is 0 Å². The van der Waals surface area contributed by atoms with E-state index in [1.165, 1.54) is 0 Å². The molecule has 0 heterocycles. The first-order chi connectivity index (χ1) is 7.16. The molecule has 0 atom stereocenters. The normalized spacial score (nSPS) is 7.20. The smallest absolute Gasteiger partial charge is 0.0428 e. The van der Waals surface area contributed by atoms with Crippen LogP contribution in [0.2, 0.25) is 0 Å². The third-order valence-electron chi connectivity index (χ3n) is 0.671. The zero-order valence-electron chi connectivity index (χ0n) is 10.7. The average molecular weight is 226 g/mol. The Labute approximate surface area is 94.6 Å². The topological polar surface area (TPSA) is 80.9 Å². The summed E-state index contributed by atoms with van der Waals surface area (Å²) in [6.45, 7) is 8.68. The number of hydrogen-bond acceptors (Lipinski definition) is 4. The first-order valence-corrected chi connectivity index (χ1v) is 5.59. The molecule has 0 fully saturated rings. The fraction of sp³-hybridized carbons (Fsp3) is 1.00. The van der Waals surface area contributed by atoms with Crippen molar-refractivity contribution in [1.82, 2.24) is 0 Å². The minimum Gasteiger partial charge on any atom is -0.397 e. The Morgan fingerprint density at radius 1 is 0.533 bits per heavy atom. The van der Waals surface area contributed by atoms with Gasteiger partial charge in [-0.3, -0.25) is 0 Å². The Balaban J connectivity index is -0.0000000542. The van der Waals surface area contributed by atoms with E-state index in [0.29, 0.717) is 19.8 Å². The number of aliphatic hydroxyl groups excluding tert-OH is 4. The minimum atomic E-state index is 0.250. The van der Waals surface area contributed by atoms with Crippen molar-refractivity contribution < 1.29 is 20.4 Å². The Bertz CT molecular complexity index is 36.3. The van der Waals surface area contributed by atoms with E-state index < -0.39 is 0 Å². The van der Waals surface area contributed by atoms with Gasteiger partial charge in [0.2, 0.25) is 0 Å². The van der Waals surface area contributed by atoms with Crippen LogP contribution in [0.15, 0.2) is 0 Å². The predicted molar refractivity (Wildman–Crippen MR) is 64.9 cm³/mol. The van der Waals surface area contributed by atoms with Crippen molar-refractivity contribution in [2.24, 2.45) is 0 Å². The predicted octanol–water partition coefficient (Wildman–Crippen LogP) is 1.16. The molecule has 0 aromatic heterocycles. The highest BCUT2D eigenvalue weighted by Crippen LogP contribution is 1.62. The molecule has 0 bridgehead atoms. The van der Waals surface area contributed by atoms with E-state index in [9.17, 15) is 0 Å². The fourth-order valence-electron chi connectivity index (χ4n) is 0. The van der Waals surface area contributed by atoms with Crippen LogP contribution in [0.5, 0.6) is 0 Å². The van der Waals surface area contributed by atoms with Gasteiger partial charge in [0.1, 0.15) is 0 Å². The molecule has 0 saturated heterocycles. The summed E-state index contributed by atoms with van der Waals surface area (Å²) in [4.78, 5) is 0. The highest BCUT2D eigenvalue weighted by Gasteiger charge is 1.58. The van der Waals surface area contributed by atoms with E-state index >= 15 is 0 Å². The van der Waals surface area contributed by atoms with Gasteiger partial charge in [-0.15, -0.1) is 0 Å². The van der Waals surface area contributed by atoms with Gasteiger partial charge in [0.25, 0.3) is 0 Å². The molecular formula is C11H30O4. The summed E-state index contributed by atoms with van der Waals surface area (Å²) < 4.78 is 0. The maximum absolute atomic E-state index is 7.88. The molecule has 0 aliphatic carbocycles. The van der Waals surface area contributed by atoms with Crippen LogP contribution in [0.1, 0.15) is 47.0 Å². The summed E-state index contributed by atoms with van der Waals surface area (Å²) in [6.07, 6.45) is 2.62. The van der Waals surface area contributed by atoms with Crippen LogP contribution < -0.4 is 0 Å². The second-order valence-corrected chi connectivity index (χ2v) is 2.49. The molecule has 0 spiro atoms. The van der Waals surface area contributed by atoms with Crippen LogP contribution in [0.4, 0.5) is 0 Å². The van der Waals surface area contributed by atoms with E-state index in [1.54, 1.807) is 6.92 Å². The lowest BCUT2D eigenvalue weighted by Gasteiger charge is -1.69. The molecule has 0 radical (unpaired) electrons. The second kappa shape index (κ2) is 48.8.